The van der Waals surface area contributed by atoms with Crippen molar-refractivity contribution in [1.82, 2.24) is 9.97 Å². The Balaban J connectivity index is 2.00. The second kappa shape index (κ2) is 5.60. The summed E-state index contributed by atoms with van der Waals surface area (Å²) in [5.41, 5.74) is 1.15. The van der Waals surface area contributed by atoms with Crippen LogP contribution in [0.25, 0.3) is 0 Å². The fourth-order valence-electron chi connectivity index (χ4n) is 1.98. The van der Waals surface area contributed by atoms with Crippen LogP contribution in [0.2, 0.25) is 10.3 Å². The van der Waals surface area contributed by atoms with Gasteiger partial charge in [-0.3, -0.25) is 4.79 Å². The molecule has 0 aromatic carbocycles. The van der Waals surface area contributed by atoms with Gasteiger partial charge < -0.3 is 4.90 Å². The Hall–Kier alpha value is -1.30. The molecule has 0 radical (unpaired) electrons. The molecule has 4 nitrogen and oxygen atoms in total. The number of halogens is 2. The predicted octanol–water partition coefficient (Wildman–Crippen LogP) is 3.54. The van der Waals surface area contributed by atoms with Gasteiger partial charge in [-0.25, -0.2) is 9.97 Å². The molecule has 2 aromatic rings. The normalized spacial score (nSPS) is 14.0. The summed E-state index contributed by atoms with van der Waals surface area (Å²) in [4.78, 5) is 22.5. The Labute approximate surface area is 130 Å². The van der Waals surface area contributed by atoms with Gasteiger partial charge >= 0.3 is 0 Å². The van der Waals surface area contributed by atoms with Gasteiger partial charge in [-0.05, 0) is 24.3 Å². The lowest BCUT2D eigenvalue weighted by Crippen LogP contribution is -2.35. The van der Waals surface area contributed by atoms with Gasteiger partial charge in [0.2, 0.25) is 0 Å². The van der Waals surface area contributed by atoms with Gasteiger partial charge in [0, 0.05) is 18.5 Å². The molecule has 0 bridgehead atoms. The fourth-order valence-corrected chi connectivity index (χ4v) is 3.34. The van der Waals surface area contributed by atoms with Gasteiger partial charge in [0.1, 0.15) is 15.3 Å². The highest BCUT2D eigenvalue weighted by Gasteiger charge is 2.26. The number of carbonyl (C=O) groups excluding carboxylic acids is 1. The first kappa shape index (κ1) is 13.7. The van der Waals surface area contributed by atoms with Crippen LogP contribution in [0.15, 0.2) is 35.5 Å². The largest absolute Gasteiger partial charge is 0.305 e. The van der Waals surface area contributed by atoms with Crippen molar-refractivity contribution in [3.05, 3.63) is 46.3 Å². The average Bonchev–Trinajstić information content (AvgIpc) is 2.46. The number of thioether (sulfide) groups is 1. The third kappa shape index (κ3) is 2.49. The van der Waals surface area contributed by atoms with Crippen LogP contribution in [0.4, 0.5) is 5.69 Å². The summed E-state index contributed by atoms with van der Waals surface area (Å²) in [5.74, 6) is 0.614. The standard InChI is InChI=1S/C13H9Cl2N3OS/c14-10-4-3-8(11(15)17-10)13(19)18-6-7-20-12-9(18)2-1-5-16-12/h1-5H,6-7H2. The summed E-state index contributed by atoms with van der Waals surface area (Å²) in [5, 5.41) is 1.24. The van der Waals surface area contributed by atoms with E-state index in [1.807, 2.05) is 12.1 Å². The summed E-state index contributed by atoms with van der Waals surface area (Å²) in [6.07, 6.45) is 1.72. The molecular weight excluding hydrogens is 317 g/mol. The van der Waals surface area contributed by atoms with Crippen molar-refractivity contribution in [1.29, 1.82) is 0 Å². The Morgan fingerprint density at radius 3 is 2.95 bits per heavy atom. The molecule has 20 heavy (non-hydrogen) atoms. The van der Waals surface area contributed by atoms with Crippen LogP contribution in [-0.2, 0) is 0 Å². The summed E-state index contributed by atoms with van der Waals surface area (Å²) in [6, 6.07) is 6.84. The van der Waals surface area contributed by atoms with E-state index in [4.69, 9.17) is 23.2 Å². The SMILES string of the molecule is O=C(c1ccc(Cl)nc1Cl)N1CCSc2ncccc21. The Bertz CT molecular complexity index is 680. The van der Waals surface area contributed by atoms with E-state index in [0.29, 0.717) is 12.1 Å². The molecule has 0 saturated carbocycles. The van der Waals surface area contributed by atoms with Crippen LogP contribution < -0.4 is 4.90 Å². The first-order valence-electron chi connectivity index (χ1n) is 5.88. The van der Waals surface area contributed by atoms with Crippen molar-refractivity contribution in [2.45, 2.75) is 5.03 Å². The monoisotopic (exact) mass is 325 g/mol. The molecule has 0 aliphatic carbocycles. The maximum absolute atomic E-state index is 12.6. The molecule has 0 fully saturated rings. The van der Waals surface area contributed by atoms with Crippen molar-refractivity contribution in [3.8, 4) is 0 Å². The second-order valence-corrected chi connectivity index (χ2v) is 5.93. The van der Waals surface area contributed by atoms with Gasteiger partial charge in [0.25, 0.3) is 5.91 Å². The Kier molecular flexibility index (Phi) is 3.83. The molecule has 0 atom stereocenters. The summed E-state index contributed by atoms with van der Waals surface area (Å²) >= 11 is 13.4. The predicted molar refractivity (Wildman–Crippen MR) is 80.9 cm³/mol. The number of rotatable bonds is 1. The van der Waals surface area contributed by atoms with Crippen molar-refractivity contribution in [2.24, 2.45) is 0 Å². The lowest BCUT2D eigenvalue weighted by molar-refractivity contribution is 0.0987. The molecule has 3 heterocycles. The van der Waals surface area contributed by atoms with E-state index in [-0.39, 0.29) is 16.2 Å². The number of fused-ring (bicyclic) bond motifs is 1. The molecular formula is C13H9Cl2N3OS. The van der Waals surface area contributed by atoms with Gasteiger partial charge in [-0.2, -0.15) is 0 Å². The van der Waals surface area contributed by atoms with Crippen LogP contribution >= 0.6 is 35.0 Å². The molecule has 0 saturated heterocycles. The number of nitrogens with zero attached hydrogens (tertiary/aromatic N) is 3. The third-order valence-corrected chi connectivity index (χ3v) is 4.36. The molecule has 2 aromatic heterocycles. The van der Waals surface area contributed by atoms with Gasteiger partial charge in [-0.1, -0.05) is 23.2 Å². The van der Waals surface area contributed by atoms with Crippen LogP contribution in [-0.4, -0.2) is 28.2 Å². The van der Waals surface area contributed by atoms with E-state index in [0.717, 1.165) is 16.5 Å². The quantitative estimate of drug-likeness (QED) is 0.752. The third-order valence-electron chi connectivity index (χ3n) is 2.89. The molecule has 7 heteroatoms. The number of anilines is 1. The number of aromatic nitrogens is 2. The molecule has 1 aliphatic heterocycles. The minimum absolute atomic E-state index is 0.117. The lowest BCUT2D eigenvalue weighted by atomic mass is 10.2. The highest BCUT2D eigenvalue weighted by molar-refractivity contribution is 7.99. The first-order chi connectivity index (χ1) is 9.66. The van der Waals surface area contributed by atoms with Gasteiger partial charge in [-0.15, -0.1) is 11.8 Å². The van der Waals surface area contributed by atoms with Crippen molar-refractivity contribution in [2.75, 3.05) is 17.2 Å². The summed E-state index contributed by atoms with van der Waals surface area (Å²) < 4.78 is 0. The minimum atomic E-state index is -0.186. The van der Waals surface area contributed by atoms with Crippen molar-refractivity contribution >= 4 is 46.6 Å². The zero-order chi connectivity index (χ0) is 14.1. The Morgan fingerprint density at radius 2 is 2.15 bits per heavy atom. The molecule has 0 unspecified atom stereocenters. The highest BCUT2D eigenvalue weighted by Crippen LogP contribution is 2.33. The van der Waals surface area contributed by atoms with Gasteiger partial charge in [0.05, 0.1) is 11.3 Å². The molecule has 3 rings (SSSR count). The topological polar surface area (TPSA) is 46.1 Å². The van der Waals surface area contributed by atoms with Crippen LogP contribution in [0.3, 0.4) is 0 Å². The van der Waals surface area contributed by atoms with Crippen molar-refractivity contribution in [3.63, 3.8) is 0 Å². The van der Waals surface area contributed by atoms with E-state index in [9.17, 15) is 4.79 Å². The Morgan fingerprint density at radius 1 is 1.30 bits per heavy atom. The maximum atomic E-state index is 12.6. The molecule has 0 N–H and O–H groups in total. The van der Waals surface area contributed by atoms with Crippen LogP contribution in [0.1, 0.15) is 10.4 Å². The summed E-state index contributed by atoms with van der Waals surface area (Å²) in [7, 11) is 0. The highest BCUT2D eigenvalue weighted by atomic mass is 35.5. The van der Waals surface area contributed by atoms with E-state index >= 15 is 0 Å². The zero-order valence-electron chi connectivity index (χ0n) is 10.2. The number of carbonyl (C=O) groups is 1. The van der Waals surface area contributed by atoms with E-state index in [1.54, 1.807) is 35.0 Å². The van der Waals surface area contributed by atoms with Crippen LogP contribution in [0, 0.1) is 0 Å². The fraction of sp³-hybridized carbons (Fsp3) is 0.154. The maximum Gasteiger partial charge on any atom is 0.261 e. The van der Waals surface area contributed by atoms with E-state index in [2.05, 4.69) is 9.97 Å². The smallest absolute Gasteiger partial charge is 0.261 e. The number of hydrogen-bond acceptors (Lipinski definition) is 4. The molecule has 0 spiro atoms. The van der Waals surface area contributed by atoms with E-state index < -0.39 is 0 Å². The van der Waals surface area contributed by atoms with Gasteiger partial charge in [0.15, 0.2) is 0 Å². The molecule has 1 aliphatic rings. The minimum Gasteiger partial charge on any atom is -0.305 e. The van der Waals surface area contributed by atoms with Crippen molar-refractivity contribution < 1.29 is 4.79 Å². The molecule has 102 valence electrons. The lowest BCUT2D eigenvalue weighted by Gasteiger charge is -2.28. The van der Waals surface area contributed by atoms with E-state index in [1.165, 1.54) is 0 Å². The zero-order valence-corrected chi connectivity index (χ0v) is 12.5. The average molecular weight is 326 g/mol. The van der Waals surface area contributed by atoms with Crippen LogP contribution in [0.5, 0.6) is 0 Å². The number of hydrogen-bond donors (Lipinski definition) is 0. The first-order valence-corrected chi connectivity index (χ1v) is 7.62. The second-order valence-electron chi connectivity index (χ2n) is 4.11. The number of amides is 1. The summed E-state index contributed by atoms with van der Waals surface area (Å²) in [6.45, 7) is 0.612. The number of pyridine rings is 2. The molecule has 1 amide bonds.